The largest absolute Gasteiger partial charge is 0.396 e. The fourth-order valence-electron chi connectivity index (χ4n) is 1.76. The number of halogens is 1. The van der Waals surface area contributed by atoms with Crippen LogP contribution in [0.5, 0.6) is 0 Å². The molecule has 0 saturated heterocycles. The maximum absolute atomic E-state index is 11.5. The monoisotopic (exact) mass is 286 g/mol. The molecule has 0 aliphatic heterocycles. The third-order valence-corrected chi connectivity index (χ3v) is 3.45. The highest BCUT2D eigenvalue weighted by molar-refractivity contribution is 9.10. The molecule has 0 unspecified atom stereocenters. The Labute approximate surface area is 99.6 Å². The minimum absolute atomic E-state index is 0.0583. The summed E-state index contributed by atoms with van der Waals surface area (Å²) in [5.41, 5.74) is 0.0795. The van der Waals surface area contributed by atoms with Gasteiger partial charge in [-0.25, -0.2) is 4.79 Å². The Morgan fingerprint density at radius 1 is 1.50 bits per heavy atom. The number of nitrogens with zero attached hydrogens (tertiary/aromatic N) is 1. The molecule has 1 heterocycles. The second-order valence-corrected chi connectivity index (χ2v) is 4.71. The van der Waals surface area contributed by atoms with E-state index in [1.54, 1.807) is 0 Å². The Morgan fingerprint density at radius 3 is 2.75 bits per heavy atom. The van der Waals surface area contributed by atoms with Gasteiger partial charge in [-0.1, -0.05) is 12.2 Å². The van der Waals surface area contributed by atoms with Crippen molar-refractivity contribution in [2.24, 2.45) is 11.8 Å². The molecule has 0 bridgehead atoms. The number of aliphatic hydroxyl groups excluding tert-OH is 1. The zero-order chi connectivity index (χ0) is 11.9. The third-order valence-electron chi connectivity index (χ3n) is 2.89. The number of nitrogens with one attached hydrogen (secondary N) is 1. The summed E-state index contributed by atoms with van der Waals surface area (Å²) in [6.07, 6.45) is 1.46. The predicted molar refractivity (Wildman–Crippen MR) is 62.2 cm³/mol. The lowest BCUT2D eigenvalue weighted by molar-refractivity contribution is 0.268. The van der Waals surface area contributed by atoms with Crippen LogP contribution in [0, 0.1) is 11.8 Å². The number of rotatable bonds is 3. The smallest absolute Gasteiger partial charge is 0.328 e. The summed E-state index contributed by atoms with van der Waals surface area (Å²) in [5, 5.41) is 8.98. The second kappa shape index (κ2) is 4.03. The van der Waals surface area contributed by atoms with Crippen LogP contribution in [0.4, 0.5) is 0 Å². The van der Waals surface area contributed by atoms with E-state index < -0.39 is 11.2 Å². The lowest BCUT2D eigenvalue weighted by Crippen LogP contribution is -2.30. The van der Waals surface area contributed by atoms with Crippen molar-refractivity contribution in [3.8, 4) is 0 Å². The number of H-pyrrole nitrogens is 1. The summed E-state index contributed by atoms with van der Waals surface area (Å²) in [4.78, 5) is 24.8. The molecule has 0 amide bonds. The second-order valence-electron chi connectivity index (χ2n) is 3.86. The zero-order valence-corrected chi connectivity index (χ0v) is 10.0. The highest BCUT2D eigenvalue weighted by atomic mass is 79.9. The molecule has 1 fully saturated rings. The van der Waals surface area contributed by atoms with Crippen LogP contribution in [-0.2, 0) is 6.54 Å². The van der Waals surface area contributed by atoms with Crippen molar-refractivity contribution in [3.63, 3.8) is 0 Å². The Kier molecular flexibility index (Phi) is 2.86. The molecule has 86 valence electrons. The van der Waals surface area contributed by atoms with E-state index in [-0.39, 0.29) is 18.4 Å². The van der Waals surface area contributed by atoms with Crippen LogP contribution in [0.15, 0.2) is 32.4 Å². The summed E-state index contributed by atoms with van der Waals surface area (Å²) in [6.45, 7) is 4.31. The van der Waals surface area contributed by atoms with Crippen LogP contribution in [0.1, 0.15) is 0 Å². The SMILES string of the molecule is C=C1[C@H](CO)[C@H]1Cn1cc(Br)c(=O)[nH]c1=O. The van der Waals surface area contributed by atoms with Crippen LogP contribution in [0.2, 0.25) is 0 Å². The Hall–Kier alpha value is -1.14. The van der Waals surface area contributed by atoms with Crippen molar-refractivity contribution in [2.75, 3.05) is 6.61 Å². The molecule has 16 heavy (non-hydrogen) atoms. The normalized spacial score (nSPS) is 23.5. The number of aliphatic hydroxyl groups is 1. The van der Waals surface area contributed by atoms with Gasteiger partial charge in [0.1, 0.15) is 0 Å². The number of aromatic nitrogens is 2. The first-order valence-corrected chi connectivity index (χ1v) is 5.62. The Balaban J connectivity index is 2.24. The third kappa shape index (κ3) is 1.90. The van der Waals surface area contributed by atoms with E-state index in [1.165, 1.54) is 10.8 Å². The van der Waals surface area contributed by atoms with Gasteiger partial charge in [-0.15, -0.1) is 0 Å². The highest BCUT2D eigenvalue weighted by Crippen LogP contribution is 2.44. The first-order valence-electron chi connectivity index (χ1n) is 4.83. The average Bonchev–Trinajstić information content (AvgIpc) is 2.85. The standard InChI is InChI=1S/C10H11BrN2O3/c1-5-6(7(5)4-14)2-13-3-8(11)9(15)12-10(13)16/h3,6-7,14H,1-2,4H2,(H,12,15,16)/t6-,7-/m0/s1. The van der Waals surface area contributed by atoms with Gasteiger partial charge < -0.3 is 5.11 Å². The van der Waals surface area contributed by atoms with Crippen molar-refractivity contribution in [1.82, 2.24) is 9.55 Å². The van der Waals surface area contributed by atoms with E-state index in [9.17, 15) is 9.59 Å². The minimum atomic E-state index is -0.440. The first-order chi connectivity index (χ1) is 7.54. The topological polar surface area (TPSA) is 75.1 Å². The lowest BCUT2D eigenvalue weighted by atomic mass is 10.3. The quantitative estimate of drug-likeness (QED) is 0.774. The molecule has 0 radical (unpaired) electrons. The maximum atomic E-state index is 11.5. The molecule has 2 rings (SSSR count). The van der Waals surface area contributed by atoms with Crippen molar-refractivity contribution in [2.45, 2.75) is 6.54 Å². The zero-order valence-electron chi connectivity index (χ0n) is 8.44. The van der Waals surface area contributed by atoms with Gasteiger partial charge in [0.05, 0.1) is 11.1 Å². The molecule has 1 aliphatic carbocycles. The molecule has 5 nitrogen and oxygen atoms in total. The average molecular weight is 287 g/mol. The summed E-state index contributed by atoms with van der Waals surface area (Å²) in [7, 11) is 0. The van der Waals surface area contributed by atoms with E-state index >= 15 is 0 Å². The lowest BCUT2D eigenvalue weighted by Gasteiger charge is -2.03. The van der Waals surface area contributed by atoms with Crippen molar-refractivity contribution in [1.29, 1.82) is 0 Å². The molecule has 6 heteroatoms. The van der Waals surface area contributed by atoms with Crippen molar-refractivity contribution in [3.05, 3.63) is 43.7 Å². The molecule has 1 aromatic heterocycles. The summed E-state index contributed by atoms with van der Waals surface area (Å²) >= 11 is 3.06. The summed E-state index contributed by atoms with van der Waals surface area (Å²) in [6, 6.07) is 0. The van der Waals surface area contributed by atoms with E-state index in [1.807, 2.05) is 0 Å². The highest BCUT2D eigenvalue weighted by Gasteiger charge is 2.41. The molecule has 1 aliphatic rings. The maximum Gasteiger partial charge on any atom is 0.328 e. The first kappa shape index (κ1) is 11.3. The molecular formula is C10H11BrN2O3. The van der Waals surface area contributed by atoms with Crippen LogP contribution in [0.3, 0.4) is 0 Å². The molecule has 1 aromatic rings. The molecular weight excluding hydrogens is 276 g/mol. The van der Waals surface area contributed by atoms with Gasteiger partial charge in [-0.3, -0.25) is 14.3 Å². The number of aromatic amines is 1. The molecule has 2 N–H and O–H groups in total. The van der Waals surface area contributed by atoms with Gasteiger partial charge in [0, 0.05) is 24.6 Å². The fourth-order valence-corrected chi connectivity index (χ4v) is 2.11. The van der Waals surface area contributed by atoms with E-state index in [2.05, 4.69) is 27.5 Å². The van der Waals surface area contributed by atoms with Gasteiger partial charge in [-0.05, 0) is 15.9 Å². The van der Waals surface area contributed by atoms with Gasteiger partial charge in [0.25, 0.3) is 5.56 Å². The van der Waals surface area contributed by atoms with Gasteiger partial charge in [0.15, 0.2) is 0 Å². The van der Waals surface area contributed by atoms with Crippen LogP contribution < -0.4 is 11.2 Å². The van der Waals surface area contributed by atoms with Crippen LogP contribution in [-0.4, -0.2) is 21.3 Å². The minimum Gasteiger partial charge on any atom is -0.396 e. The number of hydrogen-bond donors (Lipinski definition) is 2. The fraction of sp³-hybridized carbons (Fsp3) is 0.400. The van der Waals surface area contributed by atoms with E-state index in [4.69, 9.17) is 5.11 Å². The summed E-state index contributed by atoms with van der Waals surface area (Å²) in [5.74, 6) is 0.207. The van der Waals surface area contributed by atoms with Crippen LogP contribution >= 0.6 is 15.9 Å². The number of hydrogen-bond acceptors (Lipinski definition) is 3. The van der Waals surface area contributed by atoms with Gasteiger partial charge in [-0.2, -0.15) is 0 Å². The molecule has 0 spiro atoms. The summed E-state index contributed by atoms with van der Waals surface area (Å²) < 4.78 is 1.73. The van der Waals surface area contributed by atoms with E-state index in [0.29, 0.717) is 11.0 Å². The van der Waals surface area contributed by atoms with Gasteiger partial charge >= 0.3 is 5.69 Å². The van der Waals surface area contributed by atoms with Gasteiger partial charge in [0.2, 0.25) is 0 Å². The molecule has 1 saturated carbocycles. The van der Waals surface area contributed by atoms with Crippen molar-refractivity contribution >= 4 is 15.9 Å². The van der Waals surface area contributed by atoms with Crippen LogP contribution in [0.25, 0.3) is 0 Å². The predicted octanol–water partition coefficient (Wildman–Crippen LogP) is 0.0936. The Bertz CT molecular complexity index is 546. The molecule has 0 aromatic carbocycles. The van der Waals surface area contributed by atoms with E-state index in [0.717, 1.165) is 5.57 Å². The Morgan fingerprint density at radius 2 is 2.19 bits per heavy atom. The van der Waals surface area contributed by atoms with Crippen molar-refractivity contribution < 1.29 is 5.11 Å². The molecule has 2 atom stereocenters.